The number of hydrogen-bond donors (Lipinski definition) is 1. The predicted molar refractivity (Wildman–Crippen MR) is 93.1 cm³/mol. The fourth-order valence-corrected chi connectivity index (χ4v) is 2.25. The highest BCUT2D eigenvalue weighted by Crippen LogP contribution is 2.18. The van der Waals surface area contributed by atoms with Gasteiger partial charge in [-0.15, -0.1) is 0 Å². The minimum Gasteiger partial charge on any atom is -0.497 e. The Kier molecular flexibility index (Phi) is 4.43. The van der Waals surface area contributed by atoms with Crippen molar-refractivity contribution in [3.05, 3.63) is 76.7 Å². The van der Waals surface area contributed by atoms with Crippen molar-refractivity contribution in [3.63, 3.8) is 0 Å². The zero-order chi connectivity index (χ0) is 16.9. The number of methoxy groups -OCH3 is 1. The molecule has 0 bridgehead atoms. The molecule has 0 radical (unpaired) electrons. The SMILES string of the molecule is COc1cccc(C=CC(=O)Nc2ccc3oc(=O)ccc3c2)c1. The summed E-state index contributed by atoms with van der Waals surface area (Å²) in [6, 6.07) is 15.5. The quantitative estimate of drug-likeness (QED) is 0.590. The zero-order valence-corrected chi connectivity index (χ0v) is 13.0. The molecule has 0 aliphatic carbocycles. The van der Waals surface area contributed by atoms with Gasteiger partial charge in [-0.2, -0.15) is 0 Å². The molecule has 0 saturated heterocycles. The first-order chi connectivity index (χ1) is 11.6. The van der Waals surface area contributed by atoms with Gasteiger partial charge >= 0.3 is 5.63 Å². The van der Waals surface area contributed by atoms with Crippen LogP contribution in [-0.2, 0) is 4.79 Å². The topological polar surface area (TPSA) is 68.5 Å². The van der Waals surface area contributed by atoms with Crippen molar-refractivity contribution < 1.29 is 13.9 Å². The lowest BCUT2D eigenvalue weighted by molar-refractivity contribution is -0.111. The van der Waals surface area contributed by atoms with Gasteiger partial charge in [0.2, 0.25) is 5.91 Å². The van der Waals surface area contributed by atoms with E-state index in [1.165, 1.54) is 12.1 Å². The van der Waals surface area contributed by atoms with Crippen LogP contribution in [0.1, 0.15) is 5.56 Å². The Bertz CT molecular complexity index is 972. The van der Waals surface area contributed by atoms with Gasteiger partial charge < -0.3 is 14.5 Å². The normalized spacial score (nSPS) is 10.9. The Labute approximate surface area is 138 Å². The number of carbonyl (C=O) groups excluding carboxylic acids is 1. The van der Waals surface area contributed by atoms with Crippen molar-refractivity contribution in [1.29, 1.82) is 0 Å². The third-order valence-corrected chi connectivity index (χ3v) is 3.41. The van der Waals surface area contributed by atoms with Gasteiger partial charge in [-0.3, -0.25) is 4.79 Å². The molecule has 1 N–H and O–H groups in total. The second kappa shape index (κ2) is 6.83. The highest BCUT2D eigenvalue weighted by atomic mass is 16.5. The molecule has 0 fully saturated rings. The summed E-state index contributed by atoms with van der Waals surface area (Å²) in [6.07, 6.45) is 3.15. The first-order valence-electron chi connectivity index (χ1n) is 7.31. The fraction of sp³-hybridized carbons (Fsp3) is 0.0526. The summed E-state index contributed by atoms with van der Waals surface area (Å²) < 4.78 is 10.2. The summed E-state index contributed by atoms with van der Waals surface area (Å²) in [7, 11) is 1.59. The standard InChI is InChI=1S/C19H15NO4/c1-23-16-4-2-3-13(11-16)5-9-18(21)20-15-7-8-17-14(12-15)6-10-19(22)24-17/h2-12H,1H3,(H,20,21). The molecular formula is C19H15NO4. The average molecular weight is 321 g/mol. The lowest BCUT2D eigenvalue weighted by atomic mass is 10.2. The van der Waals surface area contributed by atoms with E-state index in [2.05, 4.69) is 5.32 Å². The molecule has 5 heteroatoms. The van der Waals surface area contributed by atoms with Gasteiger partial charge in [0.25, 0.3) is 0 Å². The minimum atomic E-state index is -0.402. The van der Waals surface area contributed by atoms with Crippen molar-refractivity contribution in [2.45, 2.75) is 0 Å². The zero-order valence-electron chi connectivity index (χ0n) is 13.0. The summed E-state index contributed by atoms with van der Waals surface area (Å²) in [5, 5.41) is 3.51. The van der Waals surface area contributed by atoms with Gasteiger partial charge in [0.05, 0.1) is 7.11 Å². The van der Waals surface area contributed by atoms with Gasteiger partial charge in [0.15, 0.2) is 0 Å². The van der Waals surface area contributed by atoms with Crippen LogP contribution < -0.4 is 15.7 Å². The van der Waals surface area contributed by atoms with Crippen LogP contribution in [0.4, 0.5) is 5.69 Å². The van der Waals surface area contributed by atoms with E-state index in [0.29, 0.717) is 11.3 Å². The molecule has 3 rings (SSSR count). The van der Waals surface area contributed by atoms with Crippen molar-refractivity contribution in [3.8, 4) is 5.75 Å². The number of anilines is 1. The Morgan fingerprint density at radius 1 is 1.12 bits per heavy atom. The number of hydrogen-bond acceptors (Lipinski definition) is 4. The third kappa shape index (κ3) is 3.70. The van der Waals surface area contributed by atoms with E-state index in [0.717, 1.165) is 16.7 Å². The maximum atomic E-state index is 12.0. The van der Waals surface area contributed by atoms with Gasteiger partial charge in [0, 0.05) is 23.2 Å². The van der Waals surface area contributed by atoms with Crippen LogP contribution in [0.3, 0.4) is 0 Å². The van der Waals surface area contributed by atoms with Crippen LogP contribution in [0.5, 0.6) is 5.75 Å². The lowest BCUT2D eigenvalue weighted by Gasteiger charge is -2.04. The highest BCUT2D eigenvalue weighted by molar-refractivity contribution is 6.02. The Hall–Kier alpha value is -3.34. The molecule has 0 atom stereocenters. The second-order valence-electron chi connectivity index (χ2n) is 5.11. The molecule has 0 unspecified atom stereocenters. The fourth-order valence-electron chi connectivity index (χ4n) is 2.25. The number of ether oxygens (including phenoxy) is 1. The maximum absolute atomic E-state index is 12.0. The largest absolute Gasteiger partial charge is 0.497 e. The monoisotopic (exact) mass is 321 g/mol. The summed E-state index contributed by atoms with van der Waals surface area (Å²) in [6.45, 7) is 0. The van der Waals surface area contributed by atoms with Gasteiger partial charge in [0.1, 0.15) is 11.3 Å². The van der Waals surface area contributed by atoms with Gasteiger partial charge in [-0.25, -0.2) is 4.79 Å². The Balaban J connectivity index is 1.73. The maximum Gasteiger partial charge on any atom is 0.336 e. The van der Waals surface area contributed by atoms with E-state index in [1.807, 2.05) is 24.3 Å². The number of fused-ring (bicyclic) bond motifs is 1. The van der Waals surface area contributed by atoms with E-state index in [-0.39, 0.29) is 5.91 Å². The lowest BCUT2D eigenvalue weighted by Crippen LogP contribution is -2.07. The summed E-state index contributed by atoms with van der Waals surface area (Å²) >= 11 is 0. The van der Waals surface area contributed by atoms with Crippen LogP contribution in [0, 0.1) is 0 Å². The molecule has 1 heterocycles. The van der Waals surface area contributed by atoms with E-state index < -0.39 is 5.63 Å². The van der Waals surface area contributed by atoms with Gasteiger partial charge in [-0.05, 0) is 48.0 Å². The summed E-state index contributed by atoms with van der Waals surface area (Å²) in [5.41, 5.74) is 1.56. The predicted octanol–water partition coefficient (Wildman–Crippen LogP) is 3.45. The van der Waals surface area contributed by atoms with E-state index >= 15 is 0 Å². The molecule has 0 aliphatic rings. The number of nitrogens with one attached hydrogen (secondary N) is 1. The summed E-state index contributed by atoms with van der Waals surface area (Å²) in [4.78, 5) is 23.2. The Morgan fingerprint density at radius 3 is 2.83 bits per heavy atom. The molecule has 1 aromatic heterocycles. The van der Waals surface area contributed by atoms with Crippen molar-refractivity contribution in [2.24, 2.45) is 0 Å². The first-order valence-corrected chi connectivity index (χ1v) is 7.31. The molecule has 5 nitrogen and oxygen atoms in total. The summed E-state index contributed by atoms with van der Waals surface area (Å²) in [5.74, 6) is 0.475. The van der Waals surface area contributed by atoms with Crippen LogP contribution in [0.25, 0.3) is 17.0 Å². The van der Waals surface area contributed by atoms with Gasteiger partial charge in [-0.1, -0.05) is 12.1 Å². The molecule has 3 aromatic rings. The molecule has 120 valence electrons. The molecule has 0 saturated carbocycles. The van der Waals surface area contributed by atoms with E-state index in [4.69, 9.17) is 9.15 Å². The van der Waals surface area contributed by atoms with Crippen LogP contribution in [-0.4, -0.2) is 13.0 Å². The van der Waals surface area contributed by atoms with Crippen LogP contribution in [0.2, 0.25) is 0 Å². The average Bonchev–Trinajstić information content (AvgIpc) is 2.60. The van der Waals surface area contributed by atoms with Crippen molar-refractivity contribution in [1.82, 2.24) is 0 Å². The van der Waals surface area contributed by atoms with Crippen LogP contribution in [0.15, 0.2) is 69.9 Å². The number of benzene rings is 2. The number of amides is 1. The number of rotatable bonds is 4. The van der Waals surface area contributed by atoms with Crippen molar-refractivity contribution in [2.75, 3.05) is 12.4 Å². The minimum absolute atomic E-state index is 0.255. The Morgan fingerprint density at radius 2 is 2.00 bits per heavy atom. The molecule has 24 heavy (non-hydrogen) atoms. The van der Waals surface area contributed by atoms with E-state index in [1.54, 1.807) is 37.5 Å². The second-order valence-corrected chi connectivity index (χ2v) is 5.11. The van der Waals surface area contributed by atoms with Crippen LogP contribution >= 0.6 is 0 Å². The highest BCUT2D eigenvalue weighted by Gasteiger charge is 2.02. The molecule has 1 amide bonds. The van der Waals surface area contributed by atoms with Crippen molar-refractivity contribution >= 4 is 28.6 Å². The smallest absolute Gasteiger partial charge is 0.336 e. The van der Waals surface area contributed by atoms with E-state index in [9.17, 15) is 9.59 Å². The molecule has 0 aliphatic heterocycles. The third-order valence-electron chi connectivity index (χ3n) is 3.41. The first kappa shape index (κ1) is 15.6. The molecule has 2 aromatic carbocycles. The molecular weight excluding hydrogens is 306 g/mol. The number of carbonyl (C=O) groups is 1. The molecule has 0 spiro atoms.